The monoisotopic (exact) mass is 269 g/mol. The van der Waals surface area contributed by atoms with Crippen molar-refractivity contribution in [2.75, 3.05) is 19.8 Å². The second-order valence-corrected chi connectivity index (χ2v) is 6.13. The van der Waals surface area contributed by atoms with Gasteiger partial charge in [0.15, 0.2) is 0 Å². The smallest absolute Gasteiger partial charge is 0.261 e. The van der Waals surface area contributed by atoms with Gasteiger partial charge in [-0.05, 0) is 25.5 Å². The number of amides is 1. The van der Waals surface area contributed by atoms with E-state index in [9.17, 15) is 9.90 Å². The fraction of sp³-hybridized carbons (Fsp3) is 0.615. The predicted molar refractivity (Wildman–Crippen MR) is 71.1 cm³/mol. The normalized spacial score (nSPS) is 18.6. The van der Waals surface area contributed by atoms with Crippen molar-refractivity contribution in [2.45, 2.75) is 32.3 Å². The lowest BCUT2D eigenvalue weighted by atomic mass is 9.94. The highest BCUT2D eigenvalue weighted by molar-refractivity contribution is 7.14. The Morgan fingerprint density at radius 1 is 1.50 bits per heavy atom. The van der Waals surface area contributed by atoms with E-state index in [1.54, 1.807) is 0 Å². The number of hydrogen-bond acceptors (Lipinski definition) is 4. The largest absolute Gasteiger partial charge is 0.388 e. The second-order valence-electron chi connectivity index (χ2n) is 4.87. The highest BCUT2D eigenvalue weighted by atomic mass is 32.1. The molecule has 0 spiro atoms. The first-order valence-electron chi connectivity index (χ1n) is 6.15. The molecule has 18 heavy (non-hydrogen) atoms. The third-order valence-corrected chi connectivity index (χ3v) is 4.54. The van der Waals surface area contributed by atoms with Crippen LogP contribution >= 0.6 is 11.3 Å². The molecule has 0 atom stereocenters. The lowest BCUT2D eigenvalue weighted by Gasteiger charge is -2.31. The Balaban J connectivity index is 1.91. The quantitative estimate of drug-likeness (QED) is 0.877. The summed E-state index contributed by atoms with van der Waals surface area (Å²) in [5, 5.41) is 13.1. The van der Waals surface area contributed by atoms with Gasteiger partial charge in [-0.1, -0.05) is 0 Å². The third kappa shape index (κ3) is 3.10. The SMILES string of the molecule is Cc1cc(C(=O)NCC2(O)CCOCC2)sc1C. The molecule has 0 aromatic carbocycles. The van der Waals surface area contributed by atoms with Crippen LogP contribution in [-0.2, 0) is 4.74 Å². The zero-order chi connectivity index (χ0) is 13.2. The predicted octanol–water partition coefficient (Wildman–Crippen LogP) is 1.64. The number of aryl methyl sites for hydroxylation is 2. The number of aliphatic hydroxyl groups is 1. The van der Waals surface area contributed by atoms with Gasteiger partial charge in [-0.3, -0.25) is 4.79 Å². The first-order valence-corrected chi connectivity index (χ1v) is 6.97. The summed E-state index contributed by atoms with van der Waals surface area (Å²) in [6, 6.07) is 1.89. The number of carbonyl (C=O) groups is 1. The maximum absolute atomic E-state index is 12.0. The average Bonchev–Trinajstić information content (AvgIpc) is 2.68. The number of ether oxygens (including phenoxy) is 1. The molecule has 1 aromatic rings. The van der Waals surface area contributed by atoms with Crippen molar-refractivity contribution in [3.63, 3.8) is 0 Å². The molecule has 0 radical (unpaired) electrons. The minimum absolute atomic E-state index is 0.101. The van der Waals surface area contributed by atoms with Crippen LogP contribution in [0.15, 0.2) is 6.07 Å². The van der Waals surface area contributed by atoms with Crippen LogP contribution in [0.4, 0.5) is 0 Å². The van der Waals surface area contributed by atoms with E-state index in [1.165, 1.54) is 11.3 Å². The summed E-state index contributed by atoms with van der Waals surface area (Å²) in [6.07, 6.45) is 1.16. The third-order valence-electron chi connectivity index (χ3n) is 3.39. The zero-order valence-electron chi connectivity index (χ0n) is 10.8. The lowest BCUT2D eigenvalue weighted by Crippen LogP contribution is -2.46. The van der Waals surface area contributed by atoms with Crippen LogP contribution in [0.3, 0.4) is 0 Å². The molecule has 0 bridgehead atoms. The van der Waals surface area contributed by atoms with Crippen LogP contribution < -0.4 is 5.32 Å². The number of hydrogen-bond donors (Lipinski definition) is 2. The first-order chi connectivity index (χ1) is 8.50. The molecule has 5 heteroatoms. The van der Waals surface area contributed by atoms with Crippen molar-refractivity contribution < 1.29 is 14.6 Å². The fourth-order valence-electron chi connectivity index (χ4n) is 1.95. The van der Waals surface area contributed by atoms with Crippen LogP contribution in [0, 0.1) is 13.8 Å². The van der Waals surface area contributed by atoms with Crippen LogP contribution in [-0.4, -0.2) is 36.4 Å². The van der Waals surface area contributed by atoms with E-state index in [1.807, 2.05) is 19.9 Å². The zero-order valence-corrected chi connectivity index (χ0v) is 11.6. The standard InChI is InChI=1S/C13H19NO3S/c1-9-7-11(18-10(9)2)12(15)14-8-13(16)3-5-17-6-4-13/h7,16H,3-6,8H2,1-2H3,(H,14,15). The molecule has 1 aliphatic rings. The molecule has 1 amide bonds. The summed E-state index contributed by atoms with van der Waals surface area (Å²) >= 11 is 1.49. The van der Waals surface area contributed by atoms with Gasteiger partial charge < -0.3 is 15.2 Å². The maximum Gasteiger partial charge on any atom is 0.261 e. The van der Waals surface area contributed by atoms with E-state index in [-0.39, 0.29) is 5.91 Å². The molecule has 2 rings (SSSR count). The van der Waals surface area contributed by atoms with Crippen molar-refractivity contribution in [3.8, 4) is 0 Å². The number of rotatable bonds is 3. The summed E-state index contributed by atoms with van der Waals surface area (Å²) < 4.78 is 5.20. The molecule has 1 fully saturated rings. The molecule has 2 heterocycles. The van der Waals surface area contributed by atoms with E-state index >= 15 is 0 Å². The lowest BCUT2D eigenvalue weighted by molar-refractivity contribution is -0.0605. The Kier molecular flexibility index (Phi) is 4.04. The minimum atomic E-state index is -0.810. The Bertz CT molecular complexity index is 416. The van der Waals surface area contributed by atoms with Crippen molar-refractivity contribution >= 4 is 17.2 Å². The van der Waals surface area contributed by atoms with E-state index in [4.69, 9.17) is 4.74 Å². The summed E-state index contributed by atoms with van der Waals surface area (Å²) in [5.74, 6) is -0.101. The molecule has 100 valence electrons. The van der Waals surface area contributed by atoms with Crippen molar-refractivity contribution in [1.82, 2.24) is 5.32 Å². The van der Waals surface area contributed by atoms with E-state index in [0.29, 0.717) is 37.5 Å². The molecule has 1 aromatic heterocycles. The number of nitrogens with one attached hydrogen (secondary N) is 1. The van der Waals surface area contributed by atoms with Crippen molar-refractivity contribution in [2.24, 2.45) is 0 Å². The van der Waals surface area contributed by atoms with Gasteiger partial charge in [-0.15, -0.1) is 11.3 Å². The Morgan fingerprint density at radius 3 is 2.72 bits per heavy atom. The second kappa shape index (κ2) is 5.38. The topological polar surface area (TPSA) is 58.6 Å². The average molecular weight is 269 g/mol. The first kappa shape index (κ1) is 13.5. The van der Waals surface area contributed by atoms with E-state index in [2.05, 4.69) is 5.32 Å². The molecule has 0 unspecified atom stereocenters. The summed E-state index contributed by atoms with van der Waals surface area (Å²) in [6.45, 7) is 5.41. The number of thiophene rings is 1. The Labute approximate surface area is 111 Å². The van der Waals surface area contributed by atoms with Crippen molar-refractivity contribution in [1.29, 1.82) is 0 Å². The molecule has 0 saturated carbocycles. The summed E-state index contributed by atoms with van der Waals surface area (Å²) in [7, 11) is 0. The van der Waals surface area contributed by atoms with E-state index in [0.717, 1.165) is 10.4 Å². The summed E-state index contributed by atoms with van der Waals surface area (Å²) in [5.41, 5.74) is 0.324. The van der Waals surface area contributed by atoms with E-state index < -0.39 is 5.60 Å². The fourth-order valence-corrected chi connectivity index (χ4v) is 2.90. The molecular weight excluding hydrogens is 250 g/mol. The molecule has 0 aliphatic carbocycles. The van der Waals surface area contributed by atoms with Crippen LogP contribution in [0.2, 0.25) is 0 Å². The molecule has 1 saturated heterocycles. The van der Waals surface area contributed by atoms with Gasteiger partial charge in [0, 0.05) is 37.5 Å². The highest BCUT2D eigenvalue weighted by Crippen LogP contribution is 2.22. The van der Waals surface area contributed by atoms with Gasteiger partial charge in [0.05, 0.1) is 10.5 Å². The molecule has 2 N–H and O–H groups in total. The van der Waals surface area contributed by atoms with Crippen LogP contribution in [0.25, 0.3) is 0 Å². The minimum Gasteiger partial charge on any atom is -0.388 e. The summed E-state index contributed by atoms with van der Waals surface area (Å²) in [4.78, 5) is 13.8. The van der Waals surface area contributed by atoms with Crippen LogP contribution in [0.1, 0.15) is 33.0 Å². The van der Waals surface area contributed by atoms with Gasteiger partial charge >= 0.3 is 0 Å². The van der Waals surface area contributed by atoms with Gasteiger partial charge in [0.2, 0.25) is 0 Å². The number of carbonyl (C=O) groups excluding carboxylic acids is 1. The van der Waals surface area contributed by atoms with Crippen LogP contribution in [0.5, 0.6) is 0 Å². The Hall–Kier alpha value is -0.910. The van der Waals surface area contributed by atoms with Gasteiger partial charge in [0.25, 0.3) is 5.91 Å². The highest BCUT2D eigenvalue weighted by Gasteiger charge is 2.30. The molecule has 4 nitrogen and oxygen atoms in total. The van der Waals surface area contributed by atoms with Crippen molar-refractivity contribution in [3.05, 3.63) is 21.4 Å². The Morgan fingerprint density at radius 2 is 2.17 bits per heavy atom. The van der Waals surface area contributed by atoms with Gasteiger partial charge in [-0.2, -0.15) is 0 Å². The molecule has 1 aliphatic heterocycles. The van der Waals surface area contributed by atoms with Gasteiger partial charge in [-0.25, -0.2) is 0 Å². The maximum atomic E-state index is 12.0. The molecular formula is C13H19NO3S. The van der Waals surface area contributed by atoms with Gasteiger partial charge in [0.1, 0.15) is 0 Å².